The summed E-state index contributed by atoms with van der Waals surface area (Å²) < 4.78 is 5.57. The topological polar surface area (TPSA) is 55.6 Å². The highest BCUT2D eigenvalue weighted by Gasteiger charge is 2.24. The first-order valence-electron chi connectivity index (χ1n) is 7.95. The Morgan fingerprint density at radius 2 is 2.18 bits per heavy atom. The van der Waals surface area contributed by atoms with Gasteiger partial charge in [0.2, 0.25) is 0 Å². The highest BCUT2D eigenvalue weighted by atomic mass is 32.2. The molecule has 0 spiro atoms. The Bertz CT molecular complexity index is 462. The van der Waals surface area contributed by atoms with Crippen molar-refractivity contribution in [2.45, 2.75) is 19.3 Å². The van der Waals surface area contributed by atoms with E-state index >= 15 is 0 Å². The van der Waals surface area contributed by atoms with E-state index in [9.17, 15) is 4.79 Å². The highest BCUT2D eigenvalue weighted by molar-refractivity contribution is 7.98. The van der Waals surface area contributed by atoms with Crippen molar-refractivity contribution in [3.05, 3.63) is 29.8 Å². The molecule has 2 rings (SSSR count). The van der Waals surface area contributed by atoms with Crippen LogP contribution in [-0.2, 0) is 0 Å². The standard InChI is InChI=1S/C17H26N2O2S/c1-22-13-14-4-2-10-19(12-14)17(20)15-5-7-16(8-6-15)21-11-3-9-18/h5-8,14H,2-4,9-13,18H2,1H3/t14-/m1/s1. The van der Waals surface area contributed by atoms with Gasteiger partial charge in [0.05, 0.1) is 6.61 Å². The lowest BCUT2D eigenvalue weighted by atomic mass is 9.99. The Hall–Kier alpha value is -1.20. The number of likely N-dealkylation sites (tertiary alicyclic amines) is 1. The first-order valence-corrected chi connectivity index (χ1v) is 9.35. The molecule has 1 fully saturated rings. The van der Waals surface area contributed by atoms with Gasteiger partial charge in [-0.25, -0.2) is 0 Å². The third-order valence-corrected chi connectivity index (χ3v) is 4.73. The first-order chi connectivity index (χ1) is 10.7. The van der Waals surface area contributed by atoms with Gasteiger partial charge in [-0.2, -0.15) is 11.8 Å². The second-order valence-corrected chi connectivity index (χ2v) is 6.64. The van der Waals surface area contributed by atoms with E-state index in [1.165, 1.54) is 6.42 Å². The summed E-state index contributed by atoms with van der Waals surface area (Å²) in [5.41, 5.74) is 6.19. The van der Waals surface area contributed by atoms with Crippen LogP contribution in [0, 0.1) is 5.92 Å². The smallest absolute Gasteiger partial charge is 0.253 e. The van der Waals surface area contributed by atoms with Crippen molar-refractivity contribution in [2.75, 3.05) is 38.2 Å². The van der Waals surface area contributed by atoms with Crippen LogP contribution in [0.15, 0.2) is 24.3 Å². The molecule has 1 aromatic carbocycles. The normalized spacial score (nSPS) is 18.3. The summed E-state index contributed by atoms with van der Waals surface area (Å²) >= 11 is 1.87. The zero-order valence-corrected chi connectivity index (χ0v) is 14.1. The van der Waals surface area contributed by atoms with Crippen molar-refractivity contribution < 1.29 is 9.53 Å². The molecule has 1 saturated heterocycles. The number of nitrogens with zero attached hydrogens (tertiary/aromatic N) is 1. The zero-order valence-electron chi connectivity index (χ0n) is 13.3. The highest BCUT2D eigenvalue weighted by Crippen LogP contribution is 2.22. The van der Waals surface area contributed by atoms with Crippen LogP contribution in [-0.4, -0.2) is 49.1 Å². The molecule has 2 N–H and O–H groups in total. The minimum absolute atomic E-state index is 0.138. The van der Waals surface area contributed by atoms with E-state index < -0.39 is 0 Å². The molecule has 1 aliphatic heterocycles. The predicted molar refractivity (Wildman–Crippen MR) is 92.6 cm³/mol. The molecule has 1 heterocycles. The number of carbonyl (C=O) groups excluding carboxylic acids is 1. The molecule has 0 aliphatic carbocycles. The Kier molecular flexibility index (Phi) is 7.06. The molecule has 122 valence electrons. The Labute approximate surface area is 137 Å². The summed E-state index contributed by atoms with van der Waals surface area (Å²) in [6.45, 7) is 3.00. The molecule has 0 aromatic heterocycles. The van der Waals surface area contributed by atoms with Gasteiger partial charge in [0, 0.05) is 18.7 Å². The van der Waals surface area contributed by atoms with Gasteiger partial charge >= 0.3 is 0 Å². The van der Waals surface area contributed by atoms with Gasteiger partial charge in [-0.3, -0.25) is 4.79 Å². The van der Waals surface area contributed by atoms with Crippen LogP contribution in [0.4, 0.5) is 0 Å². The second kappa shape index (κ2) is 9.06. The number of ether oxygens (including phenoxy) is 1. The van der Waals surface area contributed by atoms with Crippen LogP contribution in [0.5, 0.6) is 5.75 Å². The van der Waals surface area contributed by atoms with E-state index in [2.05, 4.69) is 6.26 Å². The number of nitrogens with two attached hydrogens (primary N) is 1. The number of hydrogen-bond acceptors (Lipinski definition) is 4. The molecular weight excluding hydrogens is 296 g/mol. The van der Waals surface area contributed by atoms with Crippen LogP contribution in [0.3, 0.4) is 0 Å². The lowest BCUT2D eigenvalue weighted by Gasteiger charge is -2.32. The third-order valence-electron chi connectivity index (χ3n) is 3.93. The van der Waals surface area contributed by atoms with Crippen molar-refractivity contribution in [3.8, 4) is 5.75 Å². The van der Waals surface area contributed by atoms with Gasteiger partial charge in [-0.05, 0) is 68.0 Å². The molecule has 5 heteroatoms. The van der Waals surface area contributed by atoms with Crippen molar-refractivity contribution in [1.29, 1.82) is 0 Å². The number of benzene rings is 1. The molecule has 22 heavy (non-hydrogen) atoms. The largest absolute Gasteiger partial charge is 0.494 e. The van der Waals surface area contributed by atoms with Gasteiger partial charge in [-0.15, -0.1) is 0 Å². The minimum atomic E-state index is 0.138. The Morgan fingerprint density at radius 3 is 2.86 bits per heavy atom. The van der Waals surface area contributed by atoms with E-state index in [1.807, 2.05) is 40.9 Å². The van der Waals surface area contributed by atoms with E-state index in [-0.39, 0.29) is 5.91 Å². The monoisotopic (exact) mass is 322 g/mol. The van der Waals surface area contributed by atoms with Crippen molar-refractivity contribution in [1.82, 2.24) is 4.90 Å². The quantitative estimate of drug-likeness (QED) is 0.784. The van der Waals surface area contributed by atoms with E-state index in [0.717, 1.165) is 43.0 Å². The fourth-order valence-corrected chi connectivity index (χ4v) is 3.51. The van der Waals surface area contributed by atoms with Crippen LogP contribution in [0.1, 0.15) is 29.6 Å². The molecule has 0 bridgehead atoms. The molecule has 1 aromatic rings. The van der Waals surface area contributed by atoms with Gasteiger partial charge in [-0.1, -0.05) is 0 Å². The molecule has 0 radical (unpaired) electrons. The van der Waals surface area contributed by atoms with Gasteiger partial charge in [0.25, 0.3) is 5.91 Å². The van der Waals surface area contributed by atoms with Gasteiger partial charge in [0.1, 0.15) is 5.75 Å². The molecule has 1 amide bonds. The molecule has 0 saturated carbocycles. The summed E-state index contributed by atoms with van der Waals surface area (Å²) in [6.07, 6.45) is 5.31. The first kappa shape index (κ1) is 17.2. The molecule has 1 atom stereocenters. The predicted octanol–water partition coefficient (Wildman–Crippen LogP) is 2.63. The van der Waals surface area contributed by atoms with Crippen LogP contribution >= 0.6 is 11.8 Å². The van der Waals surface area contributed by atoms with E-state index in [0.29, 0.717) is 19.1 Å². The number of carbonyl (C=O) groups is 1. The Morgan fingerprint density at radius 1 is 1.41 bits per heavy atom. The van der Waals surface area contributed by atoms with Gasteiger partial charge < -0.3 is 15.4 Å². The van der Waals surface area contributed by atoms with E-state index in [1.54, 1.807) is 0 Å². The lowest BCUT2D eigenvalue weighted by Crippen LogP contribution is -2.40. The van der Waals surface area contributed by atoms with E-state index in [4.69, 9.17) is 10.5 Å². The average Bonchev–Trinajstić information content (AvgIpc) is 2.56. The molecule has 0 unspecified atom stereocenters. The number of rotatable bonds is 7. The minimum Gasteiger partial charge on any atom is -0.494 e. The SMILES string of the molecule is CSC[C@@H]1CCCN(C(=O)c2ccc(OCCCN)cc2)C1. The second-order valence-electron chi connectivity index (χ2n) is 5.73. The van der Waals surface area contributed by atoms with Crippen molar-refractivity contribution in [2.24, 2.45) is 11.7 Å². The average molecular weight is 322 g/mol. The summed E-state index contributed by atoms with van der Waals surface area (Å²) in [4.78, 5) is 14.6. The van der Waals surface area contributed by atoms with Crippen LogP contribution < -0.4 is 10.5 Å². The zero-order chi connectivity index (χ0) is 15.8. The van der Waals surface area contributed by atoms with Crippen LogP contribution in [0.25, 0.3) is 0 Å². The maximum Gasteiger partial charge on any atom is 0.253 e. The summed E-state index contributed by atoms with van der Waals surface area (Å²) in [6, 6.07) is 7.46. The lowest BCUT2D eigenvalue weighted by molar-refractivity contribution is 0.0685. The molecule has 1 aliphatic rings. The fourth-order valence-electron chi connectivity index (χ4n) is 2.77. The Balaban J connectivity index is 1.91. The molecule has 4 nitrogen and oxygen atoms in total. The van der Waals surface area contributed by atoms with Gasteiger partial charge in [0.15, 0.2) is 0 Å². The summed E-state index contributed by atoms with van der Waals surface area (Å²) in [7, 11) is 0. The summed E-state index contributed by atoms with van der Waals surface area (Å²) in [5, 5.41) is 0. The van der Waals surface area contributed by atoms with Crippen LogP contribution in [0.2, 0.25) is 0 Å². The number of piperidine rings is 1. The maximum atomic E-state index is 12.6. The van der Waals surface area contributed by atoms with Crippen molar-refractivity contribution in [3.63, 3.8) is 0 Å². The number of hydrogen-bond donors (Lipinski definition) is 1. The van der Waals surface area contributed by atoms with Crippen molar-refractivity contribution >= 4 is 17.7 Å². The third kappa shape index (κ3) is 4.92. The maximum absolute atomic E-state index is 12.6. The summed E-state index contributed by atoms with van der Waals surface area (Å²) in [5.74, 6) is 2.70. The number of thioether (sulfide) groups is 1. The fraction of sp³-hybridized carbons (Fsp3) is 0.588. The number of amides is 1. The molecular formula is C17H26N2O2S.